The molecule has 0 aliphatic carbocycles. The van der Waals surface area contributed by atoms with Crippen LogP contribution in [0.25, 0.3) is 0 Å². The van der Waals surface area contributed by atoms with E-state index < -0.39 is 0 Å². The molecule has 0 amide bonds. The summed E-state index contributed by atoms with van der Waals surface area (Å²) in [5, 5.41) is 0. The van der Waals surface area contributed by atoms with Gasteiger partial charge < -0.3 is 15.2 Å². The Balaban J connectivity index is 2.60. The van der Waals surface area contributed by atoms with Gasteiger partial charge in [-0.15, -0.1) is 0 Å². The van der Waals surface area contributed by atoms with Crippen LogP contribution in [-0.2, 0) is 4.74 Å². The lowest BCUT2D eigenvalue weighted by atomic mass is 10.2. The normalized spacial score (nSPS) is 9.56. The van der Waals surface area contributed by atoms with Crippen molar-refractivity contribution in [3.05, 3.63) is 29.8 Å². The first-order valence-electron chi connectivity index (χ1n) is 4.73. The summed E-state index contributed by atoms with van der Waals surface area (Å²) in [4.78, 5) is 11.6. The smallest absolute Gasteiger partial charge is 0.337 e. The van der Waals surface area contributed by atoms with Gasteiger partial charge in [-0.25, -0.2) is 4.79 Å². The first-order chi connectivity index (χ1) is 7.63. The number of nitrogens with two attached hydrogens (primary N) is 1. The number of benzene rings is 1. The van der Waals surface area contributed by atoms with Gasteiger partial charge in [-0.05, 0) is 18.2 Å². The number of rotatable bonds is 5. The van der Waals surface area contributed by atoms with Gasteiger partial charge in [-0.1, -0.05) is 18.3 Å². The molecule has 0 aromatic heterocycles. The van der Waals surface area contributed by atoms with Crippen molar-refractivity contribution >= 4 is 23.2 Å². The van der Waals surface area contributed by atoms with Crippen molar-refractivity contribution in [2.75, 3.05) is 13.7 Å². The molecule has 0 atom stereocenters. The van der Waals surface area contributed by atoms with Crippen molar-refractivity contribution in [2.45, 2.75) is 6.42 Å². The van der Waals surface area contributed by atoms with Crippen LogP contribution in [-0.4, -0.2) is 24.7 Å². The highest BCUT2D eigenvalue weighted by Gasteiger charge is 2.05. The van der Waals surface area contributed by atoms with E-state index in [1.54, 1.807) is 24.3 Å². The fourth-order valence-corrected chi connectivity index (χ4v) is 1.18. The second kappa shape index (κ2) is 6.07. The van der Waals surface area contributed by atoms with Gasteiger partial charge in [0, 0.05) is 6.42 Å². The summed E-state index contributed by atoms with van der Waals surface area (Å²) in [7, 11) is 1.34. The Morgan fingerprint density at radius 2 is 2.25 bits per heavy atom. The molecule has 2 N–H and O–H groups in total. The minimum Gasteiger partial charge on any atom is -0.493 e. The van der Waals surface area contributed by atoms with Crippen LogP contribution in [0.2, 0.25) is 0 Å². The number of methoxy groups -OCH3 is 1. The predicted octanol–water partition coefficient (Wildman–Crippen LogP) is 1.53. The molecule has 1 aromatic carbocycles. The summed E-state index contributed by atoms with van der Waals surface area (Å²) in [6.45, 7) is 0.403. The minimum absolute atomic E-state index is 0.389. The Bertz CT molecular complexity index is 393. The predicted molar refractivity (Wildman–Crippen MR) is 64.7 cm³/mol. The molecule has 0 saturated carbocycles. The standard InChI is InChI=1S/C11H13NO3S/c1-14-11(13)8-3-2-4-9(7-8)15-6-5-10(12)16/h2-4,7H,5-6H2,1H3,(H2,12,16). The van der Waals surface area contributed by atoms with E-state index in [4.69, 9.17) is 22.7 Å². The van der Waals surface area contributed by atoms with E-state index in [9.17, 15) is 4.79 Å². The Hall–Kier alpha value is -1.62. The zero-order valence-electron chi connectivity index (χ0n) is 8.93. The van der Waals surface area contributed by atoms with Gasteiger partial charge >= 0.3 is 5.97 Å². The van der Waals surface area contributed by atoms with Gasteiger partial charge in [0.15, 0.2) is 0 Å². The maximum Gasteiger partial charge on any atom is 0.337 e. The first-order valence-corrected chi connectivity index (χ1v) is 5.14. The quantitative estimate of drug-likeness (QED) is 0.623. The summed E-state index contributed by atoms with van der Waals surface area (Å²) in [5.41, 5.74) is 5.79. The van der Waals surface area contributed by atoms with Gasteiger partial charge in [0.2, 0.25) is 0 Å². The van der Waals surface area contributed by atoms with Crippen molar-refractivity contribution in [3.63, 3.8) is 0 Å². The van der Waals surface area contributed by atoms with Crippen LogP contribution in [0.15, 0.2) is 24.3 Å². The van der Waals surface area contributed by atoms with Crippen molar-refractivity contribution in [2.24, 2.45) is 5.73 Å². The SMILES string of the molecule is COC(=O)c1cccc(OCCC(N)=S)c1. The van der Waals surface area contributed by atoms with Crippen LogP contribution >= 0.6 is 12.2 Å². The molecule has 0 fully saturated rings. The maximum atomic E-state index is 11.2. The molecule has 86 valence electrons. The van der Waals surface area contributed by atoms with Crippen LogP contribution in [0.5, 0.6) is 5.75 Å². The number of hydrogen-bond donors (Lipinski definition) is 1. The van der Waals surface area contributed by atoms with Crippen LogP contribution in [0.1, 0.15) is 16.8 Å². The minimum atomic E-state index is -0.389. The van der Waals surface area contributed by atoms with Crippen molar-refractivity contribution in [1.29, 1.82) is 0 Å². The van der Waals surface area contributed by atoms with E-state index in [-0.39, 0.29) is 5.97 Å². The molecular formula is C11H13NO3S. The number of thiocarbonyl (C=S) groups is 1. The van der Waals surface area contributed by atoms with Crippen LogP contribution < -0.4 is 10.5 Å². The molecule has 16 heavy (non-hydrogen) atoms. The topological polar surface area (TPSA) is 61.5 Å². The lowest BCUT2D eigenvalue weighted by Crippen LogP contribution is -2.12. The zero-order chi connectivity index (χ0) is 12.0. The lowest BCUT2D eigenvalue weighted by Gasteiger charge is -2.06. The highest BCUT2D eigenvalue weighted by Crippen LogP contribution is 2.14. The third-order valence-electron chi connectivity index (χ3n) is 1.87. The fraction of sp³-hybridized carbons (Fsp3) is 0.273. The Morgan fingerprint density at radius 1 is 1.50 bits per heavy atom. The molecule has 0 saturated heterocycles. The van der Waals surface area contributed by atoms with E-state index >= 15 is 0 Å². The van der Waals surface area contributed by atoms with Crippen LogP contribution in [0, 0.1) is 0 Å². The van der Waals surface area contributed by atoms with Crippen LogP contribution in [0.4, 0.5) is 0 Å². The largest absolute Gasteiger partial charge is 0.493 e. The van der Waals surface area contributed by atoms with E-state index in [0.717, 1.165) is 0 Å². The Kier molecular flexibility index (Phi) is 4.72. The molecule has 0 unspecified atom stereocenters. The highest BCUT2D eigenvalue weighted by atomic mass is 32.1. The Morgan fingerprint density at radius 3 is 2.88 bits per heavy atom. The van der Waals surface area contributed by atoms with E-state index in [1.807, 2.05) is 0 Å². The number of carbonyl (C=O) groups is 1. The fourth-order valence-electron chi connectivity index (χ4n) is 1.10. The summed E-state index contributed by atoms with van der Waals surface area (Å²) in [5.74, 6) is 0.207. The third-order valence-corrected chi connectivity index (χ3v) is 2.08. The molecule has 1 rings (SSSR count). The van der Waals surface area contributed by atoms with Gasteiger partial charge in [0.1, 0.15) is 5.75 Å². The molecule has 0 radical (unpaired) electrons. The monoisotopic (exact) mass is 239 g/mol. The van der Waals surface area contributed by atoms with Crippen molar-refractivity contribution < 1.29 is 14.3 Å². The molecule has 5 heteroatoms. The molecule has 0 spiro atoms. The van der Waals surface area contributed by atoms with Gasteiger partial charge in [-0.2, -0.15) is 0 Å². The molecule has 0 heterocycles. The number of esters is 1. The van der Waals surface area contributed by atoms with Gasteiger partial charge in [0.05, 0.1) is 24.3 Å². The average molecular weight is 239 g/mol. The van der Waals surface area contributed by atoms with Crippen molar-refractivity contribution in [1.82, 2.24) is 0 Å². The molecule has 1 aromatic rings. The molecular weight excluding hydrogens is 226 g/mol. The zero-order valence-corrected chi connectivity index (χ0v) is 9.75. The number of hydrogen-bond acceptors (Lipinski definition) is 4. The third kappa shape index (κ3) is 3.86. The summed E-state index contributed by atoms with van der Waals surface area (Å²) >= 11 is 4.72. The second-order valence-corrected chi connectivity index (χ2v) is 3.61. The van der Waals surface area contributed by atoms with Crippen molar-refractivity contribution in [3.8, 4) is 5.75 Å². The first kappa shape index (κ1) is 12.4. The highest BCUT2D eigenvalue weighted by molar-refractivity contribution is 7.80. The summed E-state index contributed by atoms with van der Waals surface area (Å²) in [6.07, 6.45) is 0.512. The molecule has 4 nitrogen and oxygen atoms in total. The molecule has 0 aliphatic heterocycles. The summed E-state index contributed by atoms with van der Waals surface area (Å²) < 4.78 is 9.98. The second-order valence-electron chi connectivity index (χ2n) is 3.08. The Labute approximate surface area is 99.3 Å². The maximum absolute atomic E-state index is 11.2. The average Bonchev–Trinajstić information content (AvgIpc) is 2.28. The van der Waals surface area contributed by atoms with E-state index in [0.29, 0.717) is 29.3 Å². The number of carbonyl (C=O) groups excluding carboxylic acids is 1. The molecule has 0 aliphatic rings. The number of ether oxygens (including phenoxy) is 2. The summed E-state index contributed by atoms with van der Waals surface area (Å²) in [6, 6.07) is 6.76. The van der Waals surface area contributed by atoms with Crippen LogP contribution in [0.3, 0.4) is 0 Å². The van der Waals surface area contributed by atoms with E-state index in [1.165, 1.54) is 7.11 Å². The van der Waals surface area contributed by atoms with E-state index in [2.05, 4.69) is 4.74 Å². The molecule has 0 bridgehead atoms. The van der Waals surface area contributed by atoms with Gasteiger partial charge in [0.25, 0.3) is 0 Å². The lowest BCUT2D eigenvalue weighted by molar-refractivity contribution is 0.0600. The van der Waals surface area contributed by atoms with Gasteiger partial charge in [-0.3, -0.25) is 0 Å².